The standard InChI is InChI=1S/C21H20N4S2/c1-23(15-17-9-4-2-5-10-17)16-24-21(26)25(18-11-6-3-7-12-18)20(22-24)19-13-8-14-27-19/h2-14H,15-16H2,1H3/p+1. The minimum Gasteiger partial charge on any atom is -0.315 e. The van der Waals surface area contributed by atoms with Gasteiger partial charge in [-0.3, -0.25) is 4.57 Å². The van der Waals surface area contributed by atoms with Crippen LogP contribution < -0.4 is 4.90 Å². The topological polar surface area (TPSA) is 27.2 Å². The molecule has 0 amide bonds. The maximum absolute atomic E-state index is 5.81. The largest absolute Gasteiger partial charge is 0.315 e. The Hall–Kier alpha value is -2.54. The first kappa shape index (κ1) is 17.9. The number of nitrogens with zero attached hydrogens (tertiary/aromatic N) is 3. The fraction of sp³-hybridized carbons (Fsp3) is 0.143. The third-order valence-corrected chi connectivity index (χ3v) is 5.62. The number of rotatable bonds is 6. The van der Waals surface area contributed by atoms with Crippen LogP contribution in [0.25, 0.3) is 16.4 Å². The van der Waals surface area contributed by atoms with Gasteiger partial charge in [0.15, 0.2) is 12.5 Å². The van der Waals surface area contributed by atoms with Crippen LogP contribution in [-0.2, 0) is 13.2 Å². The zero-order valence-corrected chi connectivity index (χ0v) is 16.7. The summed E-state index contributed by atoms with van der Waals surface area (Å²) in [6.45, 7) is 1.64. The van der Waals surface area contributed by atoms with Crippen molar-refractivity contribution < 1.29 is 4.90 Å². The predicted octanol–water partition coefficient (Wildman–Crippen LogP) is 3.80. The Morgan fingerprint density at radius 3 is 2.33 bits per heavy atom. The summed E-state index contributed by atoms with van der Waals surface area (Å²) in [5, 5.41) is 6.94. The van der Waals surface area contributed by atoms with Crippen LogP contribution in [0.1, 0.15) is 5.56 Å². The molecule has 1 atom stereocenters. The highest BCUT2D eigenvalue weighted by Gasteiger charge is 2.17. The lowest BCUT2D eigenvalue weighted by atomic mass is 10.2. The van der Waals surface area contributed by atoms with Crippen molar-refractivity contribution in [3.05, 3.63) is 88.5 Å². The van der Waals surface area contributed by atoms with Crippen molar-refractivity contribution in [2.75, 3.05) is 7.05 Å². The summed E-state index contributed by atoms with van der Waals surface area (Å²) in [7, 11) is 2.17. The minimum atomic E-state index is 0.714. The van der Waals surface area contributed by atoms with Crippen molar-refractivity contribution in [1.29, 1.82) is 0 Å². The first-order chi connectivity index (χ1) is 13.2. The molecule has 2 heterocycles. The van der Waals surface area contributed by atoms with Gasteiger partial charge in [0, 0.05) is 5.56 Å². The van der Waals surface area contributed by atoms with Crippen molar-refractivity contribution in [2.45, 2.75) is 13.2 Å². The molecule has 2 aromatic heterocycles. The fourth-order valence-corrected chi connectivity index (χ4v) is 4.14. The lowest BCUT2D eigenvalue weighted by Gasteiger charge is -2.13. The molecule has 1 unspecified atom stereocenters. The highest BCUT2D eigenvalue weighted by molar-refractivity contribution is 7.71. The molecule has 0 fully saturated rings. The third kappa shape index (κ3) is 3.93. The van der Waals surface area contributed by atoms with Gasteiger partial charge in [0.2, 0.25) is 4.77 Å². The van der Waals surface area contributed by atoms with E-state index >= 15 is 0 Å². The molecule has 27 heavy (non-hydrogen) atoms. The Balaban J connectivity index is 1.69. The van der Waals surface area contributed by atoms with E-state index in [1.807, 2.05) is 35.0 Å². The molecule has 4 aromatic rings. The first-order valence-corrected chi connectivity index (χ1v) is 10.2. The van der Waals surface area contributed by atoms with Crippen molar-refractivity contribution in [3.63, 3.8) is 0 Å². The Kier molecular flexibility index (Phi) is 5.29. The van der Waals surface area contributed by atoms with Gasteiger partial charge in [-0.1, -0.05) is 54.6 Å². The summed E-state index contributed by atoms with van der Waals surface area (Å²) in [6.07, 6.45) is 0. The van der Waals surface area contributed by atoms with Gasteiger partial charge in [0.1, 0.15) is 6.54 Å². The molecular weight excluding hydrogens is 372 g/mol. The van der Waals surface area contributed by atoms with Crippen molar-refractivity contribution in [2.24, 2.45) is 0 Å². The molecule has 0 aliphatic heterocycles. The molecule has 0 radical (unpaired) electrons. The van der Waals surface area contributed by atoms with E-state index in [0.717, 1.165) is 27.7 Å². The molecule has 0 bridgehead atoms. The number of benzene rings is 2. The molecule has 0 aliphatic rings. The summed E-state index contributed by atoms with van der Waals surface area (Å²) in [4.78, 5) is 2.44. The highest BCUT2D eigenvalue weighted by atomic mass is 32.1. The van der Waals surface area contributed by atoms with Crippen LogP contribution in [0.3, 0.4) is 0 Å². The van der Waals surface area contributed by atoms with Crippen molar-refractivity contribution in [3.8, 4) is 16.4 Å². The van der Waals surface area contributed by atoms with Gasteiger partial charge in [-0.25, -0.2) is 0 Å². The van der Waals surface area contributed by atoms with Crippen molar-refractivity contribution in [1.82, 2.24) is 14.3 Å². The first-order valence-electron chi connectivity index (χ1n) is 8.87. The molecule has 0 spiro atoms. The Morgan fingerprint density at radius 1 is 0.963 bits per heavy atom. The van der Waals surface area contributed by atoms with E-state index in [4.69, 9.17) is 17.3 Å². The molecule has 0 saturated carbocycles. The van der Waals surface area contributed by atoms with Crippen LogP contribution in [0, 0.1) is 4.77 Å². The van der Waals surface area contributed by atoms with Gasteiger partial charge in [0.05, 0.1) is 17.6 Å². The second kappa shape index (κ2) is 8.00. The molecule has 0 aliphatic carbocycles. The van der Waals surface area contributed by atoms with E-state index in [-0.39, 0.29) is 0 Å². The molecule has 6 heteroatoms. The van der Waals surface area contributed by atoms with Gasteiger partial charge in [0.25, 0.3) is 0 Å². The smallest absolute Gasteiger partial charge is 0.207 e. The molecule has 2 aromatic carbocycles. The van der Waals surface area contributed by atoms with Crippen LogP contribution in [0.2, 0.25) is 0 Å². The van der Waals surface area contributed by atoms with E-state index in [0.29, 0.717) is 6.67 Å². The predicted molar refractivity (Wildman–Crippen MR) is 113 cm³/mol. The van der Waals surface area contributed by atoms with Gasteiger partial charge in [-0.05, 0) is 35.8 Å². The van der Waals surface area contributed by atoms with Gasteiger partial charge < -0.3 is 4.90 Å². The Labute approximate surface area is 167 Å². The molecule has 4 rings (SSSR count). The molecular formula is C21H21N4S2+. The van der Waals surface area contributed by atoms with E-state index < -0.39 is 0 Å². The second-order valence-electron chi connectivity index (χ2n) is 6.53. The number of para-hydroxylation sites is 1. The van der Waals surface area contributed by atoms with Crippen LogP contribution in [0.4, 0.5) is 0 Å². The van der Waals surface area contributed by atoms with E-state index in [1.54, 1.807) is 11.3 Å². The van der Waals surface area contributed by atoms with Crippen LogP contribution in [0.15, 0.2) is 78.2 Å². The molecule has 136 valence electrons. The van der Waals surface area contributed by atoms with E-state index in [9.17, 15) is 0 Å². The zero-order valence-electron chi connectivity index (χ0n) is 15.1. The van der Waals surface area contributed by atoms with Crippen LogP contribution in [-0.4, -0.2) is 21.4 Å². The van der Waals surface area contributed by atoms with Crippen molar-refractivity contribution >= 4 is 23.6 Å². The average Bonchev–Trinajstić information content (AvgIpc) is 3.32. The van der Waals surface area contributed by atoms with Gasteiger partial charge in [-0.2, -0.15) is 4.68 Å². The SMILES string of the molecule is C[NH+](Cc1ccccc1)Cn1nc(-c2cccs2)n(-c2ccccc2)c1=S. The van der Waals surface area contributed by atoms with E-state index in [1.165, 1.54) is 10.5 Å². The van der Waals surface area contributed by atoms with Gasteiger partial charge >= 0.3 is 0 Å². The number of nitrogens with one attached hydrogen (secondary N) is 1. The quantitative estimate of drug-likeness (QED) is 0.505. The molecule has 1 N–H and O–H groups in total. The minimum absolute atomic E-state index is 0.714. The van der Waals surface area contributed by atoms with E-state index in [2.05, 4.69) is 59.5 Å². The van der Waals surface area contributed by atoms with Crippen LogP contribution >= 0.6 is 23.6 Å². The second-order valence-corrected chi connectivity index (χ2v) is 7.84. The third-order valence-electron chi connectivity index (χ3n) is 4.36. The Bertz CT molecular complexity index is 1050. The average molecular weight is 394 g/mol. The summed E-state index contributed by atoms with van der Waals surface area (Å²) in [5.74, 6) is 0.897. The number of hydrogen-bond acceptors (Lipinski definition) is 3. The normalized spacial score (nSPS) is 12.2. The fourth-order valence-electron chi connectivity index (χ4n) is 3.14. The van der Waals surface area contributed by atoms with Gasteiger partial charge in [-0.15, -0.1) is 16.4 Å². The number of quaternary nitrogens is 1. The Morgan fingerprint density at radius 2 is 1.67 bits per heavy atom. The van der Waals surface area contributed by atoms with Crippen LogP contribution in [0.5, 0.6) is 0 Å². The lowest BCUT2D eigenvalue weighted by Crippen LogP contribution is -3.07. The highest BCUT2D eigenvalue weighted by Crippen LogP contribution is 2.26. The number of hydrogen-bond donors (Lipinski definition) is 1. The summed E-state index contributed by atoms with van der Waals surface area (Å²) < 4.78 is 4.73. The monoisotopic (exact) mass is 393 g/mol. The summed E-state index contributed by atoms with van der Waals surface area (Å²) in [6, 6.07) is 24.9. The maximum atomic E-state index is 5.81. The summed E-state index contributed by atoms with van der Waals surface area (Å²) in [5.41, 5.74) is 2.35. The number of aromatic nitrogens is 3. The zero-order chi connectivity index (χ0) is 18.6. The molecule has 4 nitrogen and oxygen atoms in total. The maximum Gasteiger partial charge on any atom is 0.207 e. The summed E-state index contributed by atoms with van der Waals surface area (Å²) >= 11 is 7.49. The number of thiophene rings is 1. The lowest BCUT2D eigenvalue weighted by molar-refractivity contribution is -0.917. The molecule has 0 saturated heterocycles.